The molecule has 1 aromatic carbocycles. The molecular formula is C16H21N3O5. The van der Waals surface area contributed by atoms with Gasteiger partial charge in [0, 0.05) is 42.9 Å². The van der Waals surface area contributed by atoms with Gasteiger partial charge in [0.2, 0.25) is 5.91 Å². The van der Waals surface area contributed by atoms with Gasteiger partial charge in [0.1, 0.15) is 5.60 Å². The highest BCUT2D eigenvalue weighted by Gasteiger charge is 2.25. The second-order valence-corrected chi connectivity index (χ2v) is 6.57. The van der Waals surface area contributed by atoms with Crippen molar-refractivity contribution in [2.24, 2.45) is 0 Å². The van der Waals surface area contributed by atoms with E-state index in [1.807, 2.05) is 0 Å². The highest BCUT2D eigenvalue weighted by molar-refractivity contribution is 5.96. The lowest BCUT2D eigenvalue weighted by Crippen LogP contribution is -2.33. The van der Waals surface area contributed by atoms with Crippen LogP contribution in [-0.2, 0) is 16.1 Å². The summed E-state index contributed by atoms with van der Waals surface area (Å²) in [5.41, 5.74) is 0.358. The van der Waals surface area contributed by atoms with E-state index in [4.69, 9.17) is 4.74 Å². The Morgan fingerprint density at radius 3 is 2.67 bits per heavy atom. The second kappa shape index (κ2) is 6.86. The number of non-ortho nitro benzene ring substituents is 1. The Morgan fingerprint density at radius 1 is 1.42 bits per heavy atom. The van der Waals surface area contributed by atoms with E-state index in [2.05, 4.69) is 5.32 Å². The fourth-order valence-electron chi connectivity index (χ4n) is 2.47. The summed E-state index contributed by atoms with van der Waals surface area (Å²) in [5, 5.41) is 13.6. The average molecular weight is 335 g/mol. The molecule has 0 aliphatic carbocycles. The van der Waals surface area contributed by atoms with Crippen LogP contribution in [0.3, 0.4) is 0 Å². The summed E-state index contributed by atoms with van der Waals surface area (Å²) < 4.78 is 5.16. The number of nitrogens with one attached hydrogen (secondary N) is 1. The predicted molar refractivity (Wildman–Crippen MR) is 87.8 cm³/mol. The standard InChI is InChI=1S/C16H21N3O5/c1-16(2,3)24-15(21)17-10-11-9-12(19(22)23)6-7-13(11)18-8-4-5-14(18)20/h6-7,9H,4-5,8,10H2,1-3H3,(H,17,21). The molecule has 1 fully saturated rings. The first kappa shape index (κ1) is 17.7. The van der Waals surface area contributed by atoms with E-state index >= 15 is 0 Å². The lowest BCUT2D eigenvalue weighted by atomic mass is 10.1. The first-order valence-electron chi connectivity index (χ1n) is 7.72. The number of nitro groups is 1. The Hall–Kier alpha value is -2.64. The summed E-state index contributed by atoms with van der Waals surface area (Å²) in [6.45, 7) is 5.84. The van der Waals surface area contributed by atoms with Crippen molar-refractivity contribution in [3.8, 4) is 0 Å². The van der Waals surface area contributed by atoms with Gasteiger partial charge < -0.3 is 15.0 Å². The lowest BCUT2D eigenvalue weighted by Gasteiger charge is -2.22. The molecule has 1 aliphatic heterocycles. The minimum atomic E-state index is -0.638. The highest BCUT2D eigenvalue weighted by Crippen LogP contribution is 2.29. The van der Waals surface area contributed by atoms with Gasteiger partial charge in [-0.25, -0.2) is 4.79 Å². The number of alkyl carbamates (subject to hydrolysis) is 1. The highest BCUT2D eigenvalue weighted by atomic mass is 16.6. The van der Waals surface area contributed by atoms with E-state index in [0.29, 0.717) is 24.2 Å². The molecule has 2 rings (SSSR count). The van der Waals surface area contributed by atoms with Gasteiger partial charge in [0.15, 0.2) is 0 Å². The average Bonchev–Trinajstić information content (AvgIpc) is 2.89. The molecule has 24 heavy (non-hydrogen) atoms. The molecule has 0 atom stereocenters. The molecule has 0 radical (unpaired) electrons. The zero-order valence-corrected chi connectivity index (χ0v) is 14.0. The molecular weight excluding hydrogens is 314 g/mol. The number of hydrogen-bond acceptors (Lipinski definition) is 5. The molecule has 1 heterocycles. The predicted octanol–water partition coefficient (Wildman–Crippen LogP) is 2.75. The number of ether oxygens (including phenoxy) is 1. The van der Waals surface area contributed by atoms with Crippen molar-refractivity contribution in [2.75, 3.05) is 11.4 Å². The van der Waals surface area contributed by atoms with Gasteiger partial charge in [-0.1, -0.05) is 0 Å². The Labute approximate surface area is 139 Å². The van der Waals surface area contributed by atoms with Gasteiger partial charge in [0.05, 0.1) is 4.92 Å². The molecule has 8 nitrogen and oxygen atoms in total. The number of carbonyl (C=O) groups is 2. The van der Waals surface area contributed by atoms with E-state index in [-0.39, 0.29) is 18.1 Å². The maximum absolute atomic E-state index is 12.0. The van der Waals surface area contributed by atoms with E-state index in [1.165, 1.54) is 12.1 Å². The lowest BCUT2D eigenvalue weighted by molar-refractivity contribution is -0.384. The summed E-state index contributed by atoms with van der Waals surface area (Å²) in [4.78, 5) is 35.8. The van der Waals surface area contributed by atoms with Crippen LogP contribution in [0.1, 0.15) is 39.2 Å². The number of benzene rings is 1. The number of rotatable bonds is 4. The van der Waals surface area contributed by atoms with Crippen molar-refractivity contribution in [2.45, 2.75) is 45.8 Å². The van der Waals surface area contributed by atoms with Crippen LogP contribution in [0.15, 0.2) is 18.2 Å². The van der Waals surface area contributed by atoms with Gasteiger partial charge in [-0.05, 0) is 33.3 Å². The Morgan fingerprint density at radius 2 is 2.12 bits per heavy atom. The summed E-state index contributed by atoms with van der Waals surface area (Å²) >= 11 is 0. The van der Waals surface area contributed by atoms with Crippen LogP contribution in [0.25, 0.3) is 0 Å². The summed E-state index contributed by atoms with van der Waals surface area (Å²) in [5.74, 6) is -0.0256. The SMILES string of the molecule is CC(C)(C)OC(=O)NCc1cc([N+](=O)[O-])ccc1N1CCCC1=O. The van der Waals surface area contributed by atoms with Gasteiger partial charge in [-0.3, -0.25) is 14.9 Å². The summed E-state index contributed by atoms with van der Waals surface area (Å²) in [6.07, 6.45) is 0.581. The molecule has 0 unspecified atom stereocenters. The van der Waals surface area contributed by atoms with Crippen molar-refractivity contribution in [1.82, 2.24) is 5.32 Å². The quantitative estimate of drug-likeness (QED) is 0.673. The maximum atomic E-state index is 12.0. The Bertz CT molecular complexity index is 666. The Kier molecular flexibility index (Phi) is 5.06. The number of carbonyl (C=O) groups excluding carboxylic acids is 2. The van der Waals surface area contributed by atoms with Crippen molar-refractivity contribution < 1.29 is 19.2 Å². The molecule has 1 aromatic rings. The van der Waals surface area contributed by atoms with Crippen molar-refractivity contribution >= 4 is 23.4 Å². The van der Waals surface area contributed by atoms with Gasteiger partial charge in [-0.2, -0.15) is 0 Å². The molecule has 1 N–H and O–H groups in total. The minimum absolute atomic E-state index is 0.0256. The van der Waals surface area contributed by atoms with Crippen LogP contribution >= 0.6 is 0 Å². The van der Waals surface area contributed by atoms with Crippen LogP contribution in [0.4, 0.5) is 16.2 Å². The van der Waals surface area contributed by atoms with Crippen LogP contribution in [-0.4, -0.2) is 29.1 Å². The van der Waals surface area contributed by atoms with E-state index in [1.54, 1.807) is 31.7 Å². The number of nitro benzene ring substituents is 1. The van der Waals surface area contributed by atoms with Gasteiger partial charge in [-0.15, -0.1) is 0 Å². The number of nitrogens with zero attached hydrogens (tertiary/aromatic N) is 2. The van der Waals surface area contributed by atoms with E-state index < -0.39 is 16.6 Å². The fourth-order valence-corrected chi connectivity index (χ4v) is 2.47. The molecule has 0 spiro atoms. The van der Waals surface area contributed by atoms with Crippen molar-refractivity contribution in [1.29, 1.82) is 0 Å². The van der Waals surface area contributed by atoms with Gasteiger partial charge in [0.25, 0.3) is 5.69 Å². The fraction of sp³-hybridized carbons (Fsp3) is 0.500. The smallest absolute Gasteiger partial charge is 0.407 e. The largest absolute Gasteiger partial charge is 0.444 e. The number of anilines is 1. The second-order valence-electron chi connectivity index (χ2n) is 6.57. The maximum Gasteiger partial charge on any atom is 0.407 e. The first-order valence-corrected chi connectivity index (χ1v) is 7.72. The van der Waals surface area contributed by atoms with Crippen molar-refractivity contribution in [3.63, 3.8) is 0 Å². The first-order chi connectivity index (χ1) is 11.2. The monoisotopic (exact) mass is 335 g/mol. The third-order valence-corrected chi connectivity index (χ3v) is 3.46. The molecule has 130 valence electrons. The zero-order chi connectivity index (χ0) is 17.9. The van der Waals surface area contributed by atoms with E-state index in [9.17, 15) is 19.7 Å². The summed E-state index contributed by atoms with van der Waals surface area (Å²) in [6, 6.07) is 4.28. The molecule has 0 saturated carbocycles. The molecule has 1 aliphatic rings. The molecule has 1 saturated heterocycles. The third-order valence-electron chi connectivity index (χ3n) is 3.46. The third kappa shape index (κ3) is 4.43. The molecule has 2 amide bonds. The van der Waals surface area contributed by atoms with E-state index in [0.717, 1.165) is 6.42 Å². The van der Waals surface area contributed by atoms with Crippen LogP contribution in [0.5, 0.6) is 0 Å². The topological polar surface area (TPSA) is 102 Å². The molecule has 0 bridgehead atoms. The van der Waals surface area contributed by atoms with Crippen LogP contribution < -0.4 is 10.2 Å². The molecule has 8 heteroatoms. The van der Waals surface area contributed by atoms with Crippen LogP contribution in [0, 0.1) is 10.1 Å². The zero-order valence-electron chi connectivity index (χ0n) is 14.0. The minimum Gasteiger partial charge on any atom is -0.444 e. The van der Waals surface area contributed by atoms with Gasteiger partial charge >= 0.3 is 6.09 Å². The van der Waals surface area contributed by atoms with Crippen molar-refractivity contribution in [3.05, 3.63) is 33.9 Å². The van der Waals surface area contributed by atoms with Crippen LogP contribution in [0.2, 0.25) is 0 Å². The number of hydrogen-bond donors (Lipinski definition) is 1. The Balaban J connectivity index is 2.21. The number of amides is 2. The molecule has 0 aromatic heterocycles. The normalized spacial score (nSPS) is 14.6. The summed E-state index contributed by atoms with van der Waals surface area (Å²) in [7, 11) is 0.